The van der Waals surface area contributed by atoms with Crippen LogP contribution in [0.4, 0.5) is 4.39 Å². The minimum Gasteiger partial charge on any atom is -0.243 e. The second kappa shape index (κ2) is 6.70. The Morgan fingerprint density at radius 3 is 2.21 bits per heavy atom. The van der Waals surface area contributed by atoms with E-state index in [1.165, 1.54) is 12.3 Å². The molecule has 5 aromatic rings. The fourth-order valence-corrected chi connectivity index (χ4v) is 3.19. The van der Waals surface area contributed by atoms with Crippen LogP contribution in [0.3, 0.4) is 0 Å². The van der Waals surface area contributed by atoms with Crippen LogP contribution in [0.2, 0.25) is 0 Å². The maximum absolute atomic E-state index is 14.0. The van der Waals surface area contributed by atoms with Gasteiger partial charge in [0.2, 0.25) is 0 Å². The van der Waals surface area contributed by atoms with E-state index in [4.69, 9.17) is 9.97 Å². The maximum Gasteiger partial charge on any atom is 0.180 e. The van der Waals surface area contributed by atoms with E-state index in [0.29, 0.717) is 11.2 Å². The van der Waals surface area contributed by atoms with Gasteiger partial charge in [0.1, 0.15) is 11.3 Å². The van der Waals surface area contributed by atoms with E-state index in [1.807, 2.05) is 60.7 Å². The standard InChI is InChI=1S/C23H15FN4/c24-18-11-5-4-10-17(18)15-25-28-22(16-8-2-1-3-9-16)14-21-23(28)27-20-13-7-6-12-19(20)26-21/h1-15H/b25-15+. The number of nitrogens with zero attached hydrogens (tertiary/aromatic N) is 4. The molecule has 0 spiro atoms. The number of rotatable bonds is 3. The monoisotopic (exact) mass is 366 g/mol. The molecule has 0 N–H and O–H groups in total. The molecule has 0 fully saturated rings. The van der Waals surface area contributed by atoms with Gasteiger partial charge in [-0.05, 0) is 24.3 Å². The van der Waals surface area contributed by atoms with Gasteiger partial charge in [0.05, 0.1) is 22.9 Å². The van der Waals surface area contributed by atoms with Crippen LogP contribution in [0.1, 0.15) is 5.56 Å². The third-order valence-corrected chi connectivity index (χ3v) is 4.57. The lowest BCUT2D eigenvalue weighted by atomic mass is 10.1. The first kappa shape index (κ1) is 16.3. The Balaban J connectivity index is 1.76. The Hall–Kier alpha value is -3.86. The summed E-state index contributed by atoms with van der Waals surface area (Å²) in [5, 5.41) is 4.56. The molecule has 0 aliphatic heterocycles. The lowest BCUT2D eigenvalue weighted by molar-refractivity contribution is 0.625. The molecule has 2 aromatic heterocycles. The first-order chi connectivity index (χ1) is 13.8. The number of halogens is 1. The topological polar surface area (TPSA) is 43.1 Å². The molecule has 2 heterocycles. The van der Waals surface area contributed by atoms with Crippen molar-refractivity contribution in [3.8, 4) is 11.3 Å². The molecule has 4 nitrogen and oxygen atoms in total. The number of para-hydroxylation sites is 2. The summed E-state index contributed by atoms with van der Waals surface area (Å²) in [7, 11) is 0. The predicted octanol–water partition coefficient (Wildman–Crippen LogP) is 5.27. The highest BCUT2D eigenvalue weighted by Crippen LogP contribution is 2.27. The average molecular weight is 366 g/mol. The van der Waals surface area contributed by atoms with Crippen molar-refractivity contribution < 1.29 is 4.39 Å². The fraction of sp³-hybridized carbons (Fsp3) is 0. The van der Waals surface area contributed by atoms with Gasteiger partial charge in [-0.15, -0.1) is 0 Å². The van der Waals surface area contributed by atoms with Gasteiger partial charge in [0, 0.05) is 11.1 Å². The van der Waals surface area contributed by atoms with E-state index < -0.39 is 0 Å². The Kier molecular flexibility index (Phi) is 3.91. The van der Waals surface area contributed by atoms with Crippen molar-refractivity contribution in [2.24, 2.45) is 5.10 Å². The second-order valence-corrected chi connectivity index (χ2v) is 6.39. The number of fused-ring (bicyclic) bond motifs is 2. The van der Waals surface area contributed by atoms with Gasteiger partial charge in [0.25, 0.3) is 0 Å². The molecule has 3 aromatic carbocycles. The molecule has 0 radical (unpaired) electrons. The van der Waals surface area contributed by atoms with Gasteiger partial charge in [-0.2, -0.15) is 5.10 Å². The molecular weight excluding hydrogens is 351 g/mol. The first-order valence-corrected chi connectivity index (χ1v) is 8.92. The summed E-state index contributed by atoms with van der Waals surface area (Å²) in [5.41, 5.74) is 5.22. The molecule has 0 aliphatic carbocycles. The summed E-state index contributed by atoms with van der Waals surface area (Å²) in [4.78, 5) is 9.48. The Labute approximate surface area is 160 Å². The smallest absolute Gasteiger partial charge is 0.180 e. The van der Waals surface area contributed by atoms with E-state index in [1.54, 1.807) is 22.9 Å². The predicted molar refractivity (Wildman–Crippen MR) is 110 cm³/mol. The third-order valence-electron chi connectivity index (χ3n) is 4.57. The minimum absolute atomic E-state index is 0.319. The third kappa shape index (κ3) is 2.83. The molecule has 0 saturated heterocycles. The van der Waals surface area contributed by atoms with Crippen molar-refractivity contribution in [2.45, 2.75) is 0 Å². The Morgan fingerprint density at radius 1 is 0.750 bits per heavy atom. The van der Waals surface area contributed by atoms with Crippen LogP contribution >= 0.6 is 0 Å². The summed E-state index contributed by atoms with van der Waals surface area (Å²) in [5.74, 6) is -0.319. The average Bonchev–Trinajstić information content (AvgIpc) is 3.09. The van der Waals surface area contributed by atoms with Gasteiger partial charge < -0.3 is 0 Å². The Morgan fingerprint density at radius 2 is 1.43 bits per heavy atom. The quantitative estimate of drug-likeness (QED) is 0.408. The van der Waals surface area contributed by atoms with E-state index in [2.05, 4.69) is 5.10 Å². The normalized spacial score (nSPS) is 11.6. The van der Waals surface area contributed by atoms with Crippen LogP contribution in [0.25, 0.3) is 33.5 Å². The summed E-state index contributed by atoms with van der Waals surface area (Å²) < 4.78 is 15.8. The lowest BCUT2D eigenvalue weighted by Gasteiger charge is -2.05. The van der Waals surface area contributed by atoms with E-state index in [-0.39, 0.29) is 5.82 Å². The lowest BCUT2D eigenvalue weighted by Crippen LogP contribution is -1.97. The molecule has 0 amide bonds. The highest BCUT2D eigenvalue weighted by atomic mass is 19.1. The van der Waals surface area contributed by atoms with Gasteiger partial charge in [-0.25, -0.2) is 19.0 Å². The zero-order valence-electron chi connectivity index (χ0n) is 14.8. The van der Waals surface area contributed by atoms with Crippen molar-refractivity contribution in [1.29, 1.82) is 0 Å². The van der Waals surface area contributed by atoms with Gasteiger partial charge in [-0.1, -0.05) is 60.7 Å². The SMILES string of the molecule is Fc1ccccc1/C=N/n1c(-c2ccccc2)cc2nc3ccccc3nc21. The van der Waals surface area contributed by atoms with Crippen molar-refractivity contribution in [3.63, 3.8) is 0 Å². The van der Waals surface area contributed by atoms with Crippen LogP contribution in [0, 0.1) is 5.82 Å². The van der Waals surface area contributed by atoms with E-state index in [0.717, 1.165) is 27.8 Å². The molecule has 0 bridgehead atoms. The molecular formula is C23H15FN4. The summed E-state index contributed by atoms with van der Waals surface area (Å²) in [6, 6.07) is 26.1. The Bertz CT molecular complexity index is 1320. The zero-order valence-corrected chi connectivity index (χ0v) is 14.8. The zero-order chi connectivity index (χ0) is 18.9. The molecule has 134 valence electrons. The molecule has 0 aliphatic rings. The van der Waals surface area contributed by atoms with Crippen LogP contribution in [0.5, 0.6) is 0 Å². The van der Waals surface area contributed by atoms with Crippen LogP contribution in [-0.2, 0) is 0 Å². The second-order valence-electron chi connectivity index (χ2n) is 6.39. The fourth-order valence-electron chi connectivity index (χ4n) is 3.19. The highest BCUT2D eigenvalue weighted by Gasteiger charge is 2.13. The number of aromatic nitrogens is 3. The molecule has 0 saturated carbocycles. The van der Waals surface area contributed by atoms with Crippen LogP contribution < -0.4 is 0 Å². The van der Waals surface area contributed by atoms with E-state index >= 15 is 0 Å². The summed E-state index contributed by atoms with van der Waals surface area (Å²) in [6.07, 6.45) is 1.51. The van der Waals surface area contributed by atoms with Gasteiger partial charge in [0.15, 0.2) is 5.65 Å². The number of hydrogen-bond donors (Lipinski definition) is 0. The first-order valence-electron chi connectivity index (χ1n) is 8.92. The summed E-state index contributed by atoms with van der Waals surface area (Å²) in [6.45, 7) is 0. The largest absolute Gasteiger partial charge is 0.243 e. The summed E-state index contributed by atoms with van der Waals surface area (Å²) >= 11 is 0. The van der Waals surface area contributed by atoms with Crippen molar-refractivity contribution in [1.82, 2.24) is 14.6 Å². The molecule has 28 heavy (non-hydrogen) atoms. The number of hydrogen-bond acceptors (Lipinski definition) is 3. The number of benzene rings is 3. The van der Waals surface area contributed by atoms with Crippen molar-refractivity contribution >= 4 is 28.4 Å². The van der Waals surface area contributed by atoms with Crippen LogP contribution in [0.15, 0.2) is 90.0 Å². The maximum atomic E-state index is 14.0. The van der Waals surface area contributed by atoms with Crippen LogP contribution in [-0.4, -0.2) is 20.9 Å². The molecule has 5 heteroatoms. The van der Waals surface area contributed by atoms with E-state index in [9.17, 15) is 4.39 Å². The van der Waals surface area contributed by atoms with Crippen molar-refractivity contribution in [2.75, 3.05) is 0 Å². The van der Waals surface area contributed by atoms with Gasteiger partial charge >= 0.3 is 0 Å². The molecule has 5 rings (SSSR count). The highest BCUT2D eigenvalue weighted by molar-refractivity contribution is 5.89. The minimum atomic E-state index is -0.319. The molecule has 0 unspecified atom stereocenters. The van der Waals surface area contributed by atoms with Gasteiger partial charge in [-0.3, -0.25) is 0 Å². The van der Waals surface area contributed by atoms with Crippen molar-refractivity contribution in [3.05, 3.63) is 96.3 Å². The molecule has 0 atom stereocenters.